The lowest BCUT2D eigenvalue weighted by molar-refractivity contribution is -0.0555. The number of rotatable bonds is 5. The van der Waals surface area contributed by atoms with Gasteiger partial charge in [0.15, 0.2) is 6.23 Å². The van der Waals surface area contributed by atoms with Gasteiger partial charge in [-0.15, -0.1) is 0 Å². The van der Waals surface area contributed by atoms with Crippen LogP contribution in [0.1, 0.15) is 11.9 Å². The highest BCUT2D eigenvalue weighted by Gasteiger charge is 2.43. The van der Waals surface area contributed by atoms with Gasteiger partial charge >= 0.3 is 5.69 Å². The number of hydrogen-bond acceptors (Lipinski definition) is 8. The molecule has 0 amide bonds. The molecule has 1 fully saturated rings. The maximum Gasteiger partial charge on any atom is 0.333 e. The van der Waals surface area contributed by atoms with Gasteiger partial charge < -0.3 is 20.1 Å². The third-order valence-electron chi connectivity index (χ3n) is 4.98. The van der Waals surface area contributed by atoms with Crippen molar-refractivity contribution in [1.29, 1.82) is 0 Å². The fraction of sp³-hybridized carbons (Fsp3) is 0.300. The fourth-order valence-corrected chi connectivity index (χ4v) is 3.40. The van der Waals surface area contributed by atoms with E-state index in [2.05, 4.69) is 9.97 Å². The molecule has 0 spiro atoms. The summed E-state index contributed by atoms with van der Waals surface area (Å²) < 4.78 is 7.38. The van der Waals surface area contributed by atoms with Crippen LogP contribution < -0.4 is 11.2 Å². The first-order valence-corrected chi connectivity index (χ1v) is 9.30. The van der Waals surface area contributed by atoms with E-state index in [1.165, 1.54) is 12.3 Å². The Morgan fingerprint density at radius 1 is 1.03 bits per heavy atom. The van der Waals surface area contributed by atoms with Crippen molar-refractivity contribution in [2.24, 2.45) is 0 Å². The average molecular weight is 412 g/mol. The van der Waals surface area contributed by atoms with Crippen molar-refractivity contribution in [1.82, 2.24) is 19.1 Å². The Bertz CT molecular complexity index is 1150. The van der Waals surface area contributed by atoms with Crippen LogP contribution in [-0.4, -0.2) is 59.3 Å². The van der Waals surface area contributed by atoms with Crippen LogP contribution in [0.2, 0.25) is 0 Å². The van der Waals surface area contributed by atoms with Crippen molar-refractivity contribution in [2.45, 2.75) is 31.1 Å². The summed E-state index contributed by atoms with van der Waals surface area (Å²) in [5, 5.41) is 29.4. The van der Waals surface area contributed by atoms with Crippen LogP contribution in [0, 0.1) is 0 Å². The zero-order valence-electron chi connectivity index (χ0n) is 15.8. The Morgan fingerprint density at radius 3 is 2.57 bits per heavy atom. The zero-order chi connectivity index (χ0) is 21.3. The summed E-state index contributed by atoms with van der Waals surface area (Å²) in [5.41, 5.74) is 0.700. The molecule has 4 heterocycles. The summed E-state index contributed by atoms with van der Waals surface area (Å²) in [4.78, 5) is 33.8. The second-order valence-electron chi connectivity index (χ2n) is 6.91. The second-order valence-corrected chi connectivity index (χ2v) is 6.91. The van der Waals surface area contributed by atoms with Crippen LogP contribution >= 0.6 is 0 Å². The third kappa shape index (κ3) is 3.68. The molecule has 0 radical (unpaired) electrons. The van der Waals surface area contributed by atoms with E-state index in [0.717, 1.165) is 20.4 Å². The van der Waals surface area contributed by atoms with Gasteiger partial charge in [0.05, 0.1) is 24.5 Å². The second kappa shape index (κ2) is 8.28. The SMILES string of the molecule is O=c1ccn([C@@H]2O[C@H](CO)C(O)C2O)c(=O)n1Cc1cc(-c2ccccn2)ccn1. The van der Waals surface area contributed by atoms with E-state index in [1.807, 2.05) is 12.1 Å². The van der Waals surface area contributed by atoms with E-state index in [1.54, 1.807) is 30.6 Å². The van der Waals surface area contributed by atoms with E-state index < -0.39 is 42.4 Å². The van der Waals surface area contributed by atoms with Gasteiger partial charge in [0.25, 0.3) is 5.56 Å². The lowest BCUT2D eigenvalue weighted by atomic mass is 10.1. The highest BCUT2D eigenvalue weighted by molar-refractivity contribution is 5.58. The Labute approximate surface area is 170 Å². The number of aliphatic hydroxyl groups is 3. The molecular weight excluding hydrogens is 392 g/mol. The summed E-state index contributed by atoms with van der Waals surface area (Å²) in [5.74, 6) is 0. The van der Waals surface area contributed by atoms with Crippen molar-refractivity contribution in [3.63, 3.8) is 0 Å². The van der Waals surface area contributed by atoms with Gasteiger partial charge in [-0.3, -0.25) is 23.9 Å². The van der Waals surface area contributed by atoms with Gasteiger partial charge in [0.2, 0.25) is 0 Å². The summed E-state index contributed by atoms with van der Waals surface area (Å²) in [6.07, 6.45) is -0.632. The molecule has 1 aliphatic heterocycles. The van der Waals surface area contributed by atoms with Crippen LogP contribution in [0.4, 0.5) is 0 Å². The number of aliphatic hydroxyl groups excluding tert-OH is 3. The quantitative estimate of drug-likeness (QED) is 0.491. The molecule has 0 aliphatic carbocycles. The molecule has 0 bridgehead atoms. The summed E-state index contributed by atoms with van der Waals surface area (Å²) in [7, 11) is 0. The van der Waals surface area contributed by atoms with Gasteiger partial charge in [-0.1, -0.05) is 6.07 Å². The third-order valence-corrected chi connectivity index (χ3v) is 4.98. The molecule has 3 aromatic heterocycles. The average Bonchev–Trinajstić information content (AvgIpc) is 3.06. The van der Waals surface area contributed by atoms with Crippen LogP contribution in [0.25, 0.3) is 11.3 Å². The highest BCUT2D eigenvalue weighted by atomic mass is 16.6. The van der Waals surface area contributed by atoms with E-state index in [9.17, 15) is 24.9 Å². The first kappa shape index (κ1) is 20.1. The molecule has 4 rings (SSSR count). The van der Waals surface area contributed by atoms with Gasteiger partial charge in [-0.25, -0.2) is 4.79 Å². The molecule has 0 saturated carbocycles. The minimum absolute atomic E-state index is 0.103. The van der Waals surface area contributed by atoms with Gasteiger partial charge in [0.1, 0.15) is 18.3 Å². The minimum atomic E-state index is -1.43. The molecule has 3 aromatic rings. The maximum absolute atomic E-state index is 12.9. The number of nitrogens with zero attached hydrogens (tertiary/aromatic N) is 4. The van der Waals surface area contributed by atoms with Crippen molar-refractivity contribution in [3.8, 4) is 11.3 Å². The number of aromatic nitrogens is 4. The van der Waals surface area contributed by atoms with Crippen molar-refractivity contribution in [2.75, 3.05) is 6.61 Å². The largest absolute Gasteiger partial charge is 0.394 e. The molecule has 10 heteroatoms. The molecule has 0 aromatic carbocycles. The first-order valence-electron chi connectivity index (χ1n) is 9.30. The monoisotopic (exact) mass is 412 g/mol. The van der Waals surface area contributed by atoms with E-state index in [0.29, 0.717) is 5.69 Å². The van der Waals surface area contributed by atoms with Crippen molar-refractivity contribution in [3.05, 3.63) is 81.5 Å². The molecule has 1 aliphatic rings. The Balaban J connectivity index is 1.67. The molecule has 4 atom stereocenters. The highest BCUT2D eigenvalue weighted by Crippen LogP contribution is 2.27. The summed E-state index contributed by atoms with van der Waals surface area (Å²) in [6, 6.07) is 10.2. The molecular formula is C20H20N4O6. The Morgan fingerprint density at radius 2 is 1.87 bits per heavy atom. The topological polar surface area (TPSA) is 140 Å². The number of pyridine rings is 2. The number of hydrogen-bond donors (Lipinski definition) is 3. The predicted octanol–water partition coefficient (Wildman–Crippen LogP) is -0.873. The lowest BCUT2D eigenvalue weighted by Crippen LogP contribution is -2.43. The van der Waals surface area contributed by atoms with E-state index >= 15 is 0 Å². The van der Waals surface area contributed by atoms with Crippen molar-refractivity contribution < 1.29 is 20.1 Å². The molecule has 2 unspecified atom stereocenters. The lowest BCUT2D eigenvalue weighted by Gasteiger charge is -2.18. The van der Waals surface area contributed by atoms with Gasteiger partial charge in [0, 0.05) is 30.2 Å². The van der Waals surface area contributed by atoms with Crippen molar-refractivity contribution >= 4 is 0 Å². The molecule has 30 heavy (non-hydrogen) atoms. The fourth-order valence-electron chi connectivity index (χ4n) is 3.40. The summed E-state index contributed by atoms with van der Waals surface area (Å²) in [6.45, 7) is -0.624. The van der Waals surface area contributed by atoms with Crippen LogP contribution in [-0.2, 0) is 11.3 Å². The molecule has 10 nitrogen and oxygen atoms in total. The number of ether oxygens (including phenoxy) is 1. The Kier molecular flexibility index (Phi) is 5.55. The molecule has 156 valence electrons. The first-order chi connectivity index (χ1) is 14.5. The Hall–Kier alpha value is -3.18. The summed E-state index contributed by atoms with van der Waals surface area (Å²) >= 11 is 0. The molecule has 1 saturated heterocycles. The van der Waals surface area contributed by atoms with Gasteiger partial charge in [-0.2, -0.15) is 0 Å². The standard InChI is InChI=1S/C20H20N4O6/c25-11-15-17(27)18(28)19(30-15)23-8-5-16(26)24(20(23)29)10-13-9-12(4-7-21-13)14-3-1-2-6-22-14/h1-9,15,17-19,25,27-28H,10-11H2/t15-,17?,18?,19-/m1/s1. The zero-order valence-corrected chi connectivity index (χ0v) is 15.8. The van der Waals surface area contributed by atoms with E-state index in [4.69, 9.17) is 4.74 Å². The maximum atomic E-state index is 12.9. The van der Waals surface area contributed by atoms with Gasteiger partial charge in [-0.05, 0) is 24.3 Å². The minimum Gasteiger partial charge on any atom is -0.394 e. The normalized spacial score (nSPS) is 23.6. The van der Waals surface area contributed by atoms with Crippen LogP contribution in [0.15, 0.2) is 64.6 Å². The smallest absolute Gasteiger partial charge is 0.333 e. The van der Waals surface area contributed by atoms with E-state index in [-0.39, 0.29) is 6.54 Å². The molecule has 3 N–H and O–H groups in total. The van der Waals surface area contributed by atoms with Crippen LogP contribution in [0.3, 0.4) is 0 Å². The predicted molar refractivity (Wildman–Crippen MR) is 105 cm³/mol. The van der Waals surface area contributed by atoms with Crippen LogP contribution in [0.5, 0.6) is 0 Å².